The third-order valence-electron chi connectivity index (χ3n) is 4.26. The van der Waals surface area contributed by atoms with Crippen LogP contribution in [0, 0.1) is 11.8 Å². The van der Waals surface area contributed by atoms with E-state index >= 15 is 0 Å². The van der Waals surface area contributed by atoms with E-state index in [1.807, 2.05) is 18.2 Å². The summed E-state index contributed by atoms with van der Waals surface area (Å²) in [5.41, 5.74) is 0.693. The van der Waals surface area contributed by atoms with Crippen molar-refractivity contribution in [2.75, 3.05) is 45.1 Å². The van der Waals surface area contributed by atoms with Crippen molar-refractivity contribution < 1.29 is 4.79 Å². The monoisotopic (exact) mass is 293 g/mol. The van der Waals surface area contributed by atoms with E-state index in [0.717, 1.165) is 38.0 Å². The molecule has 108 valence electrons. The van der Waals surface area contributed by atoms with Gasteiger partial charge in [-0.3, -0.25) is 9.69 Å². The van der Waals surface area contributed by atoms with Crippen molar-refractivity contribution in [3.8, 4) is 0 Å². The predicted octanol–water partition coefficient (Wildman–Crippen LogP) is 1.77. The second-order valence-electron chi connectivity index (χ2n) is 5.96. The summed E-state index contributed by atoms with van der Waals surface area (Å²) in [7, 11) is 2.17. The normalized spacial score (nSPS) is 26.7. The zero-order valence-electron chi connectivity index (χ0n) is 11.7. The summed E-state index contributed by atoms with van der Waals surface area (Å²) in [6.07, 6.45) is 0. The number of carbonyl (C=O) groups is 1. The minimum Gasteiger partial charge on any atom is -0.324 e. The van der Waals surface area contributed by atoms with Gasteiger partial charge in [0.05, 0.1) is 17.3 Å². The Balaban J connectivity index is 1.52. The Hall–Kier alpha value is -1.10. The molecule has 3 rings (SSSR count). The lowest BCUT2D eigenvalue weighted by Gasteiger charge is -2.18. The summed E-state index contributed by atoms with van der Waals surface area (Å²) in [4.78, 5) is 16.7. The number of likely N-dealkylation sites (tertiary alicyclic amines) is 2. The number of benzene rings is 1. The molecule has 2 aliphatic rings. The molecule has 2 heterocycles. The highest BCUT2D eigenvalue weighted by Crippen LogP contribution is 2.30. The summed E-state index contributed by atoms with van der Waals surface area (Å²) < 4.78 is 0. The van der Waals surface area contributed by atoms with Crippen LogP contribution in [0.2, 0.25) is 5.02 Å². The smallest absolute Gasteiger partial charge is 0.238 e. The highest BCUT2D eigenvalue weighted by Gasteiger charge is 2.38. The fraction of sp³-hybridized carbons (Fsp3) is 0.533. The molecular formula is C15H20ClN3O. The maximum absolute atomic E-state index is 12.1. The maximum Gasteiger partial charge on any atom is 0.238 e. The van der Waals surface area contributed by atoms with Gasteiger partial charge in [-0.2, -0.15) is 0 Å². The molecule has 2 aliphatic heterocycles. The topological polar surface area (TPSA) is 35.6 Å². The van der Waals surface area contributed by atoms with Gasteiger partial charge in [0.1, 0.15) is 0 Å². The third-order valence-corrected chi connectivity index (χ3v) is 4.59. The maximum atomic E-state index is 12.1. The van der Waals surface area contributed by atoms with Gasteiger partial charge in [-0.15, -0.1) is 0 Å². The number of nitrogens with zero attached hydrogens (tertiary/aromatic N) is 2. The molecule has 0 aliphatic carbocycles. The Morgan fingerprint density at radius 1 is 1.25 bits per heavy atom. The van der Waals surface area contributed by atoms with Gasteiger partial charge in [0.15, 0.2) is 0 Å². The Bertz CT molecular complexity index is 494. The number of anilines is 1. The lowest BCUT2D eigenvalue weighted by molar-refractivity contribution is -0.117. The lowest BCUT2D eigenvalue weighted by atomic mass is 10.0. The van der Waals surface area contributed by atoms with Crippen LogP contribution >= 0.6 is 11.6 Å². The van der Waals surface area contributed by atoms with Crippen LogP contribution in [-0.4, -0.2) is 55.5 Å². The SMILES string of the molecule is CN1CC2CN(CC(=O)Nc3ccccc3Cl)CC2C1. The Labute approximate surface area is 124 Å². The molecule has 0 bridgehead atoms. The number of hydrogen-bond donors (Lipinski definition) is 1. The van der Waals surface area contributed by atoms with Crippen LogP contribution in [0.3, 0.4) is 0 Å². The van der Waals surface area contributed by atoms with Crippen LogP contribution < -0.4 is 5.32 Å². The lowest BCUT2D eigenvalue weighted by Crippen LogP contribution is -2.34. The number of halogens is 1. The van der Waals surface area contributed by atoms with Crippen molar-refractivity contribution >= 4 is 23.2 Å². The van der Waals surface area contributed by atoms with Gasteiger partial charge in [0.25, 0.3) is 0 Å². The average molecular weight is 294 g/mol. The highest BCUT2D eigenvalue weighted by molar-refractivity contribution is 6.33. The Morgan fingerprint density at radius 2 is 1.90 bits per heavy atom. The molecule has 1 aromatic carbocycles. The minimum atomic E-state index is 0.0198. The zero-order chi connectivity index (χ0) is 14.1. The van der Waals surface area contributed by atoms with Crippen molar-refractivity contribution in [2.45, 2.75) is 0 Å². The molecule has 0 aromatic heterocycles. The fourth-order valence-electron chi connectivity index (χ4n) is 3.41. The van der Waals surface area contributed by atoms with E-state index in [1.54, 1.807) is 6.07 Å². The van der Waals surface area contributed by atoms with E-state index in [9.17, 15) is 4.79 Å². The van der Waals surface area contributed by atoms with Gasteiger partial charge in [-0.1, -0.05) is 23.7 Å². The number of carbonyl (C=O) groups excluding carboxylic acids is 1. The summed E-state index contributed by atoms with van der Waals surface area (Å²) in [6.45, 7) is 4.85. The van der Waals surface area contributed by atoms with Gasteiger partial charge < -0.3 is 10.2 Å². The number of para-hydroxylation sites is 1. The standard InChI is InChI=1S/C15H20ClN3O/c1-18-6-11-8-19(9-12(11)7-18)10-15(20)17-14-5-3-2-4-13(14)16/h2-5,11-12H,6-10H2,1H3,(H,17,20). The summed E-state index contributed by atoms with van der Waals surface area (Å²) in [6, 6.07) is 7.34. The average Bonchev–Trinajstić information content (AvgIpc) is 2.88. The number of fused-ring (bicyclic) bond motifs is 1. The number of rotatable bonds is 3. The zero-order valence-corrected chi connectivity index (χ0v) is 12.4. The first-order valence-electron chi connectivity index (χ1n) is 7.07. The molecule has 1 aromatic rings. The number of nitrogens with one attached hydrogen (secondary N) is 1. The third kappa shape index (κ3) is 2.97. The van der Waals surface area contributed by atoms with Gasteiger partial charge in [-0.25, -0.2) is 0 Å². The van der Waals surface area contributed by atoms with E-state index in [0.29, 0.717) is 17.3 Å². The quantitative estimate of drug-likeness (QED) is 0.923. The summed E-state index contributed by atoms with van der Waals surface area (Å²) in [5.74, 6) is 1.48. The number of hydrogen-bond acceptors (Lipinski definition) is 3. The second kappa shape index (κ2) is 5.72. The summed E-state index contributed by atoms with van der Waals surface area (Å²) in [5, 5.41) is 3.47. The molecule has 5 heteroatoms. The first-order valence-corrected chi connectivity index (χ1v) is 7.45. The van der Waals surface area contributed by atoms with Crippen LogP contribution in [0.5, 0.6) is 0 Å². The van der Waals surface area contributed by atoms with Gasteiger partial charge >= 0.3 is 0 Å². The van der Waals surface area contributed by atoms with Crippen LogP contribution in [0.25, 0.3) is 0 Å². The van der Waals surface area contributed by atoms with E-state index in [2.05, 4.69) is 22.2 Å². The Morgan fingerprint density at radius 3 is 2.55 bits per heavy atom. The molecular weight excluding hydrogens is 274 g/mol. The first-order chi connectivity index (χ1) is 9.61. The molecule has 0 spiro atoms. The number of amides is 1. The molecule has 0 saturated carbocycles. The molecule has 0 radical (unpaired) electrons. The van der Waals surface area contributed by atoms with E-state index in [-0.39, 0.29) is 5.91 Å². The van der Waals surface area contributed by atoms with Crippen molar-refractivity contribution in [1.82, 2.24) is 9.80 Å². The van der Waals surface area contributed by atoms with E-state index in [1.165, 1.54) is 0 Å². The molecule has 2 saturated heterocycles. The van der Waals surface area contributed by atoms with E-state index in [4.69, 9.17) is 11.6 Å². The van der Waals surface area contributed by atoms with E-state index < -0.39 is 0 Å². The molecule has 2 fully saturated rings. The van der Waals surface area contributed by atoms with Crippen molar-refractivity contribution in [2.24, 2.45) is 11.8 Å². The molecule has 2 unspecified atom stereocenters. The van der Waals surface area contributed by atoms with Gasteiger partial charge in [-0.05, 0) is 31.0 Å². The van der Waals surface area contributed by atoms with Crippen LogP contribution in [0.4, 0.5) is 5.69 Å². The molecule has 4 nitrogen and oxygen atoms in total. The fourth-order valence-corrected chi connectivity index (χ4v) is 3.59. The molecule has 1 amide bonds. The predicted molar refractivity (Wildman–Crippen MR) is 81.0 cm³/mol. The Kier molecular flexibility index (Phi) is 3.96. The van der Waals surface area contributed by atoms with Crippen molar-refractivity contribution in [1.29, 1.82) is 0 Å². The minimum absolute atomic E-state index is 0.0198. The summed E-state index contributed by atoms with van der Waals surface area (Å²) >= 11 is 6.05. The molecule has 1 N–H and O–H groups in total. The van der Waals surface area contributed by atoms with Crippen molar-refractivity contribution in [3.05, 3.63) is 29.3 Å². The largest absolute Gasteiger partial charge is 0.324 e. The highest BCUT2D eigenvalue weighted by atomic mass is 35.5. The first kappa shape index (κ1) is 13.9. The molecule has 2 atom stereocenters. The second-order valence-corrected chi connectivity index (χ2v) is 6.37. The van der Waals surface area contributed by atoms with Gasteiger partial charge in [0, 0.05) is 26.2 Å². The van der Waals surface area contributed by atoms with Crippen LogP contribution in [0.1, 0.15) is 0 Å². The van der Waals surface area contributed by atoms with Gasteiger partial charge in [0.2, 0.25) is 5.91 Å². The van der Waals surface area contributed by atoms with Crippen molar-refractivity contribution in [3.63, 3.8) is 0 Å². The molecule has 20 heavy (non-hydrogen) atoms. The van der Waals surface area contributed by atoms with Crippen LogP contribution in [0.15, 0.2) is 24.3 Å². The van der Waals surface area contributed by atoms with Crippen LogP contribution in [-0.2, 0) is 4.79 Å².